The Balaban J connectivity index is 1.75. The molecule has 0 spiro atoms. The summed E-state index contributed by atoms with van der Waals surface area (Å²) in [5, 5.41) is 6.18. The molecule has 1 aliphatic rings. The number of hydrogen-bond acceptors (Lipinski definition) is 2. The van der Waals surface area contributed by atoms with Crippen molar-refractivity contribution < 1.29 is 0 Å². The van der Waals surface area contributed by atoms with Gasteiger partial charge in [0.15, 0.2) is 0 Å². The molecule has 0 aromatic heterocycles. The molecule has 1 aliphatic heterocycles. The number of anilines is 1. The van der Waals surface area contributed by atoms with Gasteiger partial charge in [-0.25, -0.2) is 0 Å². The first kappa shape index (κ1) is 14.4. The lowest BCUT2D eigenvalue weighted by atomic mass is 9.94. The molecule has 0 atom stereocenters. The van der Waals surface area contributed by atoms with Crippen molar-refractivity contribution in [3.05, 3.63) is 42.5 Å². The second-order valence-corrected chi connectivity index (χ2v) is 6.06. The Kier molecular flexibility index (Phi) is 4.76. The molecule has 112 valence electrons. The number of nitrogens with one attached hydrogen (secondary N) is 1. The first-order valence-electron chi connectivity index (χ1n) is 8.32. The molecule has 0 amide bonds. The van der Waals surface area contributed by atoms with E-state index in [1.807, 2.05) is 0 Å². The molecule has 0 aliphatic carbocycles. The summed E-state index contributed by atoms with van der Waals surface area (Å²) in [7, 11) is 0. The molecule has 0 unspecified atom stereocenters. The van der Waals surface area contributed by atoms with Gasteiger partial charge in [0, 0.05) is 24.2 Å². The molecule has 1 N–H and O–H groups in total. The molecule has 2 nitrogen and oxygen atoms in total. The summed E-state index contributed by atoms with van der Waals surface area (Å²) in [4.78, 5) is 2.55. The minimum Gasteiger partial charge on any atom is -0.371 e. The fraction of sp³-hybridized carbons (Fsp3) is 0.474. The van der Waals surface area contributed by atoms with Crippen molar-refractivity contribution >= 4 is 16.5 Å². The van der Waals surface area contributed by atoms with Crippen molar-refractivity contribution in [2.24, 2.45) is 5.92 Å². The molecule has 2 aromatic carbocycles. The van der Waals surface area contributed by atoms with Crippen LogP contribution < -0.4 is 10.2 Å². The van der Waals surface area contributed by atoms with Gasteiger partial charge in [0.05, 0.1) is 0 Å². The van der Waals surface area contributed by atoms with Crippen molar-refractivity contribution in [2.45, 2.75) is 26.2 Å². The highest BCUT2D eigenvalue weighted by Gasteiger charge is 2.15. The topological polar surface area (TPSA) is 15.3 Å². The van der Waals surface area contributed by atoms with E-state index >= 15 is 0 Å². The van der Waals surface area contributed by atoms with Crippen molar-refractivity contribution in [1.82, 2.24) is 5.32 Å². The molecule has 0 saturated carbocycles. The highest BCUT2D eigenvalue weighted by atomic mass is 15.1. The molecular weight excluding hydrogens is 256 g/mol. The zero-order chi connectivity index (χ0) is 14.5. The minimum absolute atomic E-state index is 0.898. The maximum absolute atomic E-state index is 3.46. The molecule has 2 aromatic rings. The highest BCUT2D eigenvalue weighted by molar-refractivity contribution is 5.94. The summed E-state index contributed by atoms with van der Waals surface area (Å²) in [6, 6.07) is 15.4. The van der Waals surface area contributed by atoms with E-state index in [-0.39, 0.29) is 0 Å². The van der Waals surface area contributed by atoms with Gasteiger partial charge < -0.3 is 10.2 Å². The molecule has 0 radical (unpaired) electrons. The van der Waals surface area contributed by atoms with Crippen LogP contribution in [-0.2, 0) is 0 Å². The van der Waals surface area contributed by atoms with E-state index in [1.54, 1.807) is 0 Å². The standard InChI is InChI=1S/C19H26N2/c1-2-21(15-12-16-10-13-20-14-11-16)19-9-5-7-17-6-3-4-8-18(17)19/h3-9,16,20H,2,10-15H2,1H3. The predicted molar refractivity (Wildman–Crippen MR) is 92.0 cm³/mol. The fourth-order valence-corrected chi connectivity index (χ4v) is 3.44. The second-order valence-electron chi connectivity index (χ2n) is 6.06. The lowest BCUT2D eigenvalue weighted by Gasteiger charge is -2.29. The predicted octanol–water partition coefficient (Wildman–Crippen LogP) is 4.06. The lowest BCUT2D eigenvalue weighted by molar-refractivity contribution is 0.355. The Hall–Kier alpha value is -1.54. The van der Waals surface area contributed by atoms with Crippen LogP contribution in [-0.4, -0.2) is 26.2 Å². The quantitative estimate of drug-likeness (QED) is 0.890. The molecule has 1 heterocycles. The van der Waals surface area contributed by atoms with E-state index in [0.29, 0.717) is 0 Å². The minimum atomic E-state index is 0.898. The summed E-state index contributed by atoms with van der Waals surface area (Å²) >= 11 is 0. The van der Waals surface area contributed by atoms with Crippen molar-refractivity contribution in [3.8, 4) is 0 Å². The molecule has 21 heavy (non-hydrogen) atoms. The number of benzene rings is 2. The van der Waals surface area contributed by atoms with Gasteiger partial charge in [0.2, 0.25) is 0 Å². The van der Waals surface area contributed by atoms with Gasteiger partial charge in [-0.1, -0.05) is 36.4 Å². The third-order valence-electron chi connectivity index (χ3n) is 4.76. The van der Waals surface area contributed by atoms with Crippen LogP contribution >= 0.6 is 0 Å². The van der Waals surface area contributed by atoms with Crippen LogP contribution in [0.25, 0.3) is 10.8 Å². The Morgan fingerprint density at radius 2 is 1.81 bits per heavy atom. The Labute approximate surface area is 128 Å². The number of fused-ring (bicyclic) bond motifs is 1. The van der Waals surface area contributed by atoms with Gasteiger partial charge >= 0.3 is 0 Å². The fourth-order valence-electron chi connectivity index (χ4n) is 3.44. The second kappa shape index (κ2) is 6.95. The van der Waals surface area contributed by atoms with Gasteiger partial charge in [0.25, 0.3) is 0 Å². The Morgan fingerprint density at radius 3 is 2.62 bits per heavy atom. The van der Waals surface area contributed by atoms with Crippen LogP contribution in [0.15, 0.2) is 42.5 Å². The van der Waals surface area contributed by atoms with Gasteiger partial charge in [0.1, 0.15) is 0 Å². The van der Waals surface area contributed by atoms with Crippen LogP contribution in [0, 0.1) is 5.92 Å². The number of rotatable bonds is 5. The van der Waals surface area contributed by atoms with E-state index in [0.717, 1.165) is 12.5 Å². The number of piperidine rings is 1. The Morgan fingerprint density at radius 1 is 1.05 bits per heavy atom. The zero-order valence-corrected chi connectivity index (χ0v) is 13.0. The van der Waals surface area contributed by atoms with Gasteiger partial charge in [-0.3, -0.25) is 0 Å². The summed E-state index contributed by atoms with van der Waals surface area (Å²) in [6.07, 6.45) is 4.00. The molecule has 1 fully saturated rings. The van der Waals surface area contributed by atoms with Gasteiger partial charge in [-0.15, -0.1) is 0 Å². The van der Waals surface area contributed by atoms with Crippen LogP contribution in [0.2, 0.25) is 0 Å². The van der Waals surface area contributed by atoms with Crippen LogP contribution in [0.4, 0.5) is 5.69 Å². The Bertz CT molecular complexity index is 567. The molecule has 3 rings (SSSR count). The van der Waals surface area contributed by atoms with Gasteiger partial charge in [-0.05, 0) is 56.6 Å². The maximum atomic E-state index is 3.46. The van der Waals surface area contributed by atoms with E-state index in [9.17, 15) is 0 Å². The highest BCUT2D eigenvalue weighted by Crippen LogP contribution is 2.27. The van der Waals surface area contributed by atoms with Crippen molar-refractivity contribution in [2.75, 3.05) is 31.1 Å². The van der Waals surface area contributed by atoms with Crippen LogP contribution in [0.1, 0.15) is 26.2 Å². The van der Waals surface area contributed by atoms with E-state index in [1.165, 1.54) is 55.4 Å². The summed E-state index contributed by atoms with van der Waals surface area (Å²) in [5.74, 6) is 0.898. The molecule has 1 saturated heterocycles. The number of nitrogens with zero attached hydrogens (tertiary/aromatic N) is 1. The third kappa shape index (κ3) is 3.38. The van der Waals surface area contributed by atoms with E-state index in [4.69, 9.17) is 0 Å². The largest absolute Gasteiger partial charge is 0.371 e. The molecule has 0 bridgehead atoms. The van der Waals surface area contributed by atoms with Crippen LogP contribution in [0.3, 0.4) is 0 Å². The first-order chi connectivity index (χ1) is 10.4. The van der Waals surface area contributed by atoms with Crippen molar-refractivity contribution in [1.29, 1.82) is 0 Å². The van der Waals surface area contributed by atoms with E-state index in [2.05, 4.69) is 59.6 Å². The normalized spacial score (nSPS) is 16.2. The average molecular weight is 282 g/mol. The average Bonchev–Trinajstić information content (AvgIpc) is 2.56. The SMILES string of the molecule is CCN(CCC1CCNCC1)c1cccc2ccccc12. The maximum Gasteiger partial charge on any atom is 0.0445 e. The summed E-state index contributed by atoms with van der Waals surface area (Å²) in [6.45, 7) is 6.93. The summed E-state index contributed by atoms with van der Waals surface area (Å²) in [5.41, 5.74) is 1.39. The first-order valence-corrected chi connectivity index (χ1v) is 8.32. The van der Waals surface area contributed by atoms with E-state index < -0.39 is 0 Å². The zero-order valence-electron chi connectivity index (χ0n) is 13.0. The molecule has 2 heteroatoms. The third-order valence-corrected chi connectivity index (χ3v) is 4.76. The monoisotopic (exact) mass is 282 g/mol. The lowest BCUT2D eigenvalue weighted by Crippen LogP contribution is -2.31. The van der Waals surface area contributed by atoms with Crippen LogP contribution in [0.5, 0.6) is 0 Å². The summed E-state index contributed by atoms with van der Waals surface area (Å²) < 4.78 is 0. The smallest absolute Gasteiger partial charge is 0.0445 e. The van der Waals surface area contributed by atoms with Crippen molar-refractivity contribution in [3.63, 3.8) is 0 Å². The molecular formula is C19H26N2. The van der Waals surface area contributed by atoms with Gasteiger partial charge in [-0.2, -0.15) is 0 Å². The number of hydrogen-bond donors (Lipinski definition) is 1.